The van der Waals surface area contributed by atoms with E-state index in [0.29, 0.717) is 12.5 Å². The topological polar surface area (TPSA) is 41.5 Å². The van der Waals surface area contributed by atoms with Crippen molar-refractivity contribution in [3.05, 3.63) is 65.7 Å². The number of rotatable bonds is 4. The van der Waals surface area contributed by atoms with Crippen molar-refractivity contribution >= 4 is 0 Å². The van der Waals surface area contributed by atoms with E-state index in [0.717, 1.165) is 11.3 Å². The number of hydrogen-bond donors (Lipinski definition) is 2. The largest absolute Gasteiger partial charge is 0.493 e. The summed E-state index contributed by atoms with van der Waals surface area (Å²) in [6, 6.07) is 18.3. The molecule has 2 N–H and O–H groups in total. The minimum atomic E-state index is -0.0650. The molecule has 3 heteroatoms. The van der Waals surface area contributed by atoms with Gasteiger partial charge in [-0.15, -0.1) is 0 Å². The zero-order chi connectivity index (χ0) is 14.7. The van der Waals surface area contributed by atoms with E-state index in [9.17, 15) is 5.11 Å². The van der Waals surface area contributed by atoms with Gasteiger partial charge in [-0.05, 0) is 11.6 Å². The fourth-order valence-corrected chi connectivity index (χ4v) is 2.90. The highest BCUT2D eigenvalue weighted by molar-refractivity contribution is 5.38. The molecule has 2 aromatic carbocycles. The van der Waals surface area contributed by atoms with Crippen LogP contribution in [0.25, 0.3) is 0 Å². The quantitative estimate of drug-likeness (QED) is 0.906. The predicted octanol–water partition coefficient (Wildman–Crippen LogP) is 3.08. The van der Waals surface area contributed by atoms with Gasteiger partial charge >= 0.3 is 0 Å². The number of para-hydroxylation sites is 1. The van der Waals surface area contributed by atoms with Crippen LogP contribution in [0, 0.1) is 5.92 Å². The molecule has 0 saturated heterocycles. The van der Waals surface area contributed by atoms with Crippen LogP contribution in [0.1, 0.15) is 30.1 Å². The first-order chi connectivity index (χ1) is 10.3. The minimum absolute atomic E-state index is 0.0650. The molecule has 3 nitrogen and oxygen atoms in total. The van der Waals surface area contributed by atoms with Gasteiger partial charge < -0.3 is 15.2 Å². The molecule has 2 aromatic rings. The van der Waals surface area contributed by atoms with Crippen molar-refractivity contribution < 1.29 is 9.84 Å². The summed E-state index contributed by atoms with van der Waals surface area (Å²) in [6.07, 6.45) is 0. The SMILES string of the molecule is CC1COc2ccccc2C1N[C@@H](CO)c1ccccc1. The van der Waals surface area contributed by atoms with E-state index in [2.05, 4.69) is 18.3 Å². The number of fused-ring (bicyclic) bond motifs is 1. The second kappa shape index (κ2) is 6.29. The fraction of sp³-hybridized carbons (Fsp3) is 0.333. The lowest BCUT2D eigenvalue weighted by Crippen LogP contribution is -2.37. The monoisotopic (exact) mass is 283 g/mol. The molecule has 0 spiro atoms. The van der Waals surface area contributed by atoms with Gasteiger partial charge in [-0.25, -0.2) is 0 Å². The van der Waals surface area contributed by atoms with Crippen LogP contribution in [0.2, 0.25) is 0 Å². The number of ether oxygens (including phenoxy) is 1. The molecule has 1 heterocycles. The smallest absolute Gasteiger partial charge is 0.124 e. The summed E-state index contributed by atoms with van der Waals surface area (Å²) in [4.78, 5) is 0. The molecule has 0 saturated carbocycles. The second-order valence-corrected chi connectivity index (χ2v) is 5.62. The number of aliphatic hydroxyl groups is 1. The van der Waals surface area contributed by atoms with Gasteiger partial charge in [-0.3, -0.25) is 0 Å². The molecule has 0 amide bonds. The lowest BCUT2D eigenvalue weighted by atomic mass is 9.90. The maximum atomic E-state index is 9.75. The van der Waals surface area contributed by atoms with Crippen LogP contribution in [0.4, 0.5) is 0 Å². The average molecular weight is 283 g/mol. The summed E-state index contributed by atoms with van der Waals surface area (Å²) in [7, 11) is 0. The molecule has 2 unspecified atom stereocenters. The Kier molecular flexibility index (Phi) is 4.23. The van der Waals surface area contributed by atoms with Gasteiger partial charge in [-0.1, -0.05) is 55.5 Å². The van der Waals surface area contributed by atoms with Gasteiger partial charge in [-0.2, -0.15) is 0 Å². The lowest BCUT2D eigenvalue weighted by Gasteiger charge is -2.34. The van der Waals surface area contributed by atoms with Crippen LogP contribution >= 0.6 is 0 Å². The molecule has 1 aliphatic rings. The van der Waals surface area contributed by atoms with E-state index in [-0.39, 0.29) is 18.7 Å². The van der Waals surface area contributed by atoms with Crippen LogP contribution in [0.15, 0.2) is 54.6 Å². The number of benzene rings is 2. The van der Waals surface area contributed by atoms with Gasteiger partial charge in [0.1, 0.15) is 5.75 Å². The van der Waals surface area contributed by atoms with Crippen LogP contribution in [0.3, 0.4) is 0 Å². The summed E-state index contributed by atoms with van der Waals surface area (Å²) < 4.78 is 5.78. The first kappa shape index (κ1) is 14.1. The Hall–Kier alpha value is -1.84. The molecule has 110 valence electrons. The van der Waals surface area contributed by atoms with Gasteiger partial charge in [0, 0.05) is 17.5 Å². The molecule has 0 fully saturated rings. The highest BCUT2D eigenvalue weighted by Crippen LogP contribution is 2.36. The number of nitrogens with one attached hydrogen (secondary N) is 1. The zero-order valence-corrected chi connectivity index (χ0v) is 12.2. The van der Waals surface area contributed by atoms with E-state index in [4.69, 9.17) is 4.74 Å². The first-order valence-corrected chi connectivity index (χ1v) is 7.43. The van der Waals surface area contributed by atoms with Crippen molar-refractivity contribution in [1.29, 1.82) is 0 Å². The normalized spacial score (nSPS) is 22.2. The lowest BCUT2D eigenvalue weighted by molar-refractivity contribution is 0.161. The Bertz CT molecular complexity index is 585. The van der Waals surface area contributed by atoms with Crippen LogP contribution in [-0.4, -0.2) is 18.3 Å². The van der Waals surface area contributed by atoms with Gasteiger partial charge in [0.2, 0.25) is 0 Å². The van der Waals surface area contributed by atoms with E-state index in [1.165, 1.54) is 5.56 Å². The molecule has 21 heavy (non-hydrogen) atoms. The maximum Gasteiger partial charge on any atom is 0.124 e. The van der Waals surface area contributed by atoms with Crippen molar-refractivity contribution in [2.24, 2.45) is 5.92 Å². The predicted molar refractivity (Wildman–Crippen MR) is 83.2 cm³/mol. The third kappa shape index (κ3) is 2.94. The molecule has 3 rings (SSSR count). The highest BCUT2D eigenvalue weighted by atomic mass is 16.5. The first-order valence-electron chi connectivity index (χ1n) is 7.43. The van der Waals surface area contributed by atoms with E-state index >= 15 is 0 Å². The summed E-state index contributed by atoms with van der Waals surface area (Å²) in [5, 5.41) is 13.3. The minimum Gasteiger partial charge on any atom is -0.493 e. The van der Waals surface area contributed by atoms with Gasteiger partial charge in [0.25, 0.3) is 0 Å². The van der Waals surface area contributed by atoms with E-state index in [1.807, 2.05) is 48.5 Å². The summed E-state index contributed by atoms with van der Waals surface area (Å²) >= 11 is 0. The van der Waals surface area contributed by atoms with Crippen molar-refractivity contribution in [1.82, 2.24) is 5.32 Å². The third-order valence-corrected chi connectivity index (χ3v) is 4.09. The fourth-order valence-electron chi connectivity index (χ4n) is 2.90. The molecule has 0 radical (unpaired) electrons. The number of hydrogen-bond acceptors (Lipinski definition) is 3. The van der Waals surface area contributed by atoms with Crippen LogP contribution in [-0.2, 0) is 0 Å². The van der Waals surface area contributed by atoms with Gasteiger partial charge in [0.05, 0.1) is 19.3 Å². The maximum absolute atomic E-state index is 9.75. The Morgan fingerprint density at radius 2 is 1.86 bits per heavy atom. The van der Waals surface area contributed by atoms with Crippen molar-refractivity contribution in [2.45, 2.75) is 19.0 Å². The number of aliphatic hydroxyl groups excluding tert-OH is 1. The Balaban J connectivity index is 1.86. The van der Waals surface area contributed by atoms with E-state index in [1.54, 1.807) is 0 Å². The molecular formula is C18H21NO2. The summed E-state index contributed by atoms with van der Waals surface area (Å²) in [5.74, 6) is 1.30. The van der Waals surface area contributed by atoms with E-state index < -0.39 is 0 Å². The van der Waals surface area contributed by atoms with Crippen molar-refractivity contribution in [3.8, 4) is 5.75 Å². The van der Waals surface area contributed by atoms with Crippen LogP contribution in [0.5, 0.6) is 5.75 Å². The van der Waals surface area contributed by atoms with Crippen molar-refractivity contribution in [3.63, 3.8) is 0 Å². The van der Waals surface area contributed by atoms with Crippen LogP contribution < -0.4 is 10.1 Å². The standard InChI is InChI=1S/C18H21NO2/c1-13-12-21-17-10-6-5-9-15(17)18(13)19-16(11-20)14-7-3-2-4-8-14/h2-10,13,16,18-20H,11-12H2,1H3/t13?,16-,18?/m0/s1. The molecular weight excluding hydrogens is 262 g/mol. The summed E-state index contributed by atoms with van der Waals surface area (Å²) in [5.41, 5.74) is 2.28. The molecule has 0 aliphatic carbocycles. The Morgan fingerprint density at radius 1 is 1.14 bits per heavy atom. The second-order valence-electron chi connectivity index (χ2n) is 5.62. The molecule has 0 aromatic heterocycles. The highest BCUT2D eigenvalue weighted by Gasteiger charge is 2.29. The summed E-state index contributed by atoms with van der Waals surface area (Å²) in [6.45, 7) is 2.95. The zero-order valence-electron chi connectivity index (χ0n) is 12.2. The van der Waals surface area contributed by atoms with Gasteiger partial charge in [0.15, 0.2) is 0 Å². The molecule has 1 aliphatic heterocycles. The average Bonchev–Trinajstić information content (AvgIpc) is 2.55. The molecule has 0 bridgehead atoms. The Morgan fingerprint density at radius 3 is 2.62 bits per heavy atom. The van der Waals surface area contributed by atoms with Crippen molar-refractivity contribution in [2.75, 3.05) is 13.2 Å². The Labute approximate surface area is 125 Å². The molecule has 3 atom stereocenters. The third-order valence-electron chi connectivity index (χ3n) is 4.09.